The highest BCUT2D eigenvalue weighted by Crippen LogP contribution is 2.24. The molecule has 22 heavy (non-hydrogen) atoms. The second kappa shape index (κ2) is 7.57. The first kappa shape index (κ1) is 16.0. The van der Waals surface area contributed by atoms with E-state index in [9.17, 15) is 9.90 Å². The largest absolute Gasteiger partial charge is 0.465 e. The molecular weight excluding hydrogens is 276 g/mol. The number of esters is 1. The molecule has 1 N–H and O–H groups in total. The maximum absolute atomic E-state index is 11.4. The van der Waals surface area contributed by atoms with Gasteiger partial charge in [0, 0.05) is 0 Å². The van der Waals surface area contributed by atoms with Crippen molar-refractivity contribution in [2.75, 3.05) is 7.11 Å². The molecule has 3 heteroatoms. The van der Waals surface area contributed by atoms with E-state index < -0.39 is 6.10 Å². The third-order valence-electron chi connectivity index (χ3n) is 3.61. The minimum absolute atomic E-state index is 0.385. The fraction of sp³-hybridized carbons (Fsp3) is 0.211. The van der Waals surface area contributed by atoms with Crippen molar-refractivity contribution in [3.8, 4) is 0 Å². The molecule has 1 atom stereocenters. The smallest absolute Gasteiger partial charge is 0.337 e. The van der Waals surface area contributed by atoms with Crippen LogP contribution in [-0.2, 0) is 11.2 Å². The monoisotopic (exact) mass is 296 g/mol. The van der Waals surface area contributed by atoms with Crippen molar-refractivity contribution in [2.45, 2.75) is 18.9 Å². The number of rotatable bonds is 6. The Labute approximate surface area is 130 Å². The van der Waals surface area contributed by atoms with E-state index in [1.807, 2.05) is 18.2 Å². The molecule has 2 rings (SSSR count). The summed E-state index contributed by atoms with van der Waals surface area (Å²) >= 11 is 0. The van der Waals surface area contributed by atoms with E-state index in [-0.39, 0.29) is 5.97 Å². The van der Waals surface area contributed by atoms with Crippen LogP contribution in [-0.4, -0.2) is 18.2 Å². The first-order chi connectivity index (χ1) is 10.6. The Kier molecular flexibility index (Phi) is 5.50. The Morgan fingerprint density at radius 3 is 2.36 bits per heavy atom. The highest BCUT2D eigenvalue weighted by Gasteiger charge is 2.13. The Balaban J connectivity index is 1.96. The van der Waals surface area contributed by atoms with E-state index in [2.05, 4.69) is 23.4 Å². The lowest BCUT2D eigenvalue weighted by Crippen LogP contribution is -2.04. The van der Waals surface area contributed by atoms with Gasteiger partial charge in [-0.3, -0.25) is 0 Å². The summed E-state index contributed by atoms with van der Waals surface area (Å²) in [6, 6.07) is 16.9. The zero-order valence-electron chi connectivity index (χ0n) is 12.7. The number of aliphatic hydroxyl groups excluding tert-OH is 1. The molecule has 3 nitrogen and oxygen atoms in total. The summed E-state index contributed by atoms with van der Waals surface area (Å²) in [6.07, 6.45) is 0.830. The Hall–Kier alpha value is -2.39. The first-order valence-electron chi connectivity index (χ1n) is 7.19. The zero-order valence-corrected chi connectivity index (χ0v) is 12.7. The van der Waals surface area contributed by atoms with Crippen LogP contribution in [0.15, 0.2) is 66.7 Å². The third kappa shape index (κ3) is 4.06. The second-order valence-electron chi connectivity index (χ2n) is 5.16. The summed E-state index contributed by atoms with van der Waals surface area (Å²) in [5.41, 5.74) is 3.17. The van der Waals surface area contributed by atoms with Crippen molar-refractivity contribution in [1.82, 2.24) is 0 Å². The van der Waals surface area contributed by atoms with Gasteiger partial charge in [0.15, 0.2) is 0 Å². The molecule has 0 aliphatic carbocycles. The molecule has 2 aromatic carbocycles. The van der Waals surface area contributed by atoms with Crippen molar-refractivity contribution in [3.63, 3.8) is 0 Å². The lowest BCUT2D eigenvalue weighted by Gasteiger charge is -2.14. The van der Waals surface area contributed by atoms with Crippen molar-refractivity contribution < 1.29 is 14.6 Å². The fourth-order valence-corrected chi connectivity index (χ4v) is 2.24. The summed E-state index contributed by atoms with van der Waals surface area (Å²) in [5.74, 6) is -0.385. The average Bonchev–Trinajstić information content (AvgIpc) is 2.59. The number of hydrogen-bond acceptors (Lipinski definition) is 3. The molecule has 2 aromatic rings. The predicted molar refractivity (Wildman–Crippen MR) is 86.6 cm³/mol. The number of aryl methyl sites for hydroxylation is 1. The second-order valence-corrected chi connectivity index (χ2v) is 5.16. The molecular formula is C19H20O3. The number of aliphatic hydroxyl groups is 1. The van der Waals surface area contributed by atoms with E-state index in [1.54, 1.807) is 24.3 Å². The summed E-state index contributed by atoms with van der Waals surface area (Å²) in [7, 11) is 1.34. The number of benzene rings is 2. The van der Waals surface area contributed by atoms with Crippen molar-refractivity contribution in [3.05, 3.63) is 83.4 Å². The maximum Gasteiger partial charge on any atom is 0.337 e. The van der Waals surface area contributed by atoms with Gasteiger partial charge in [0.25, 0.3) is 0 Å². The lowest BCUT2D eigenvalue weighted by molar-refractivity contribution is 0.0600. The SMILES string of the molecule is C=C(CCc1ccccc1)C(O)c1ccc(C(=O)OC)cc1. The van der Waals surface area contributed by atoms with E-state index >= 15 is 0 Å². The van der Waals surface area contributed by atoms with Crippen LogP contribution in [0.3, 0.4) is 0 Å². The predicted octanol–water partition coefficient (Wildman–Crippen LogP) is 3.70. The van der Waals surface area contributed by atoms with Gasteiger partial charge in [0.05, 0.1) is 18.8 Å². The molecule has 0 spiro atoms. The molecule has 0 heterocycles. The van der Waals surface area contributed by atoms with Crippen LogP contribution in [0.2, 0.25) is 0 Å². The fourth-order valence-electron chi connectivity index (χ4n) is 2.24. The molecule has 0 amide bonds. The highest BCUT2D eigenvalue weighted by atomic mass is 16.5. The van der Waals surface area contributed by atoms with Crippen LogP contribution in [0.25, 0.3) is 0 Å². The molecule has 0 aliphatic heterocycles. The first-order valence-corrected chi connectivity index (χ1v) is 7.19. The summed E-state index contributed by atoms with van der Waals surface area (Å²) in [4.78, 5) is 11.4. The molecule has 114 valence electrons. The maximum atomic E-state index is 11.4. The Bertz CT molecular complexity index is 629. The normalized spacial score (nSPS) is 11.7. The van der Waals surface area contributed by atoms with Crippen LogP contribution in [0.1, 0.15) is 34.0 Å². The molecule has 0 fully saturated rings. The van der Waals surface area contributed by atoms with Crippen LogP contribution < -0.4 is 0 Å². The van der Waals surface area contributed by atoms with Crippen LogP contribution in [0, 0.1) is 0 Å². The third-order valence-corrected chi connectivity index (χ3v) is 3.61. The van der Waals surface area contributed by atoms with E-state index in [4.69, 9.17) is 0 Å². The van der Waals surface area contributed by atoms with Gasteiger partial charge in [0.2, 0.25) is 0 Å². The van der Waals surface area contributed by atoms with Gasteiger partial charge in [-0.25, -0.2) is 4.79 Å². The molecule has 0 saturated carbocycles. The van der Waals surface area contributed by atoms with E-state index in [1.165, 1.54) is 12.7 Å². The molecule has 1 unspecified atom stereocenters. The van der Waals surface area contributed by atoms with Gasteiger partial charge < -0.3 is 9.84 Å². The summed E-state index contributed by atoms with van der Waals surface area (Å²) in [6.45, 7) is 3.98. The molecule has 0 aliphatic rings. The zero-order chi connectivity index (χ0) is 15.9. The van der Waals surface area contributed by atoms with Gasteiger partial charge in [-0.15, -0.1) is 0 Å². The van der Waals surface area contributed by atoms with Gasteiger partial charge in [-0.2, -0.15) is 0 Å². The number of ether oxygens (including phenoxy) is 1. The van der Waals surface area contributed by atoms with E-state index in [0.29, 0.717) is 12.0 Å². The minimum Gasteiger partial charge on any atom is -0.465 e. The van der Waals surface area contributed by atoms with E-state index in [0.717, 1.165) is 17.6 Å². The minimum atomic E-state index is -0.726. The average molecular weight is 296 g/mol. The Morgan fingerprint density at radius 1 is 1.14 bits per heavy atom. The quantitative estimate of drug-likeness (QED) is 0.653. The van der Waals surface area contributed by atoms with Gasteiger partial charge >= 0.3 is 5.97 Å². The lowest BCUT2D eigenvalue weighted by atomic mass is 9.96. The highest BCUT2D eigenvalue weighted by molar-refractivity contribution is 5.89. The number of methoxy groups -OCH3 is 1. The Morgan fingerprint density at radius 2 is 1.77 bits per heavy atom. The van der Waals surface area contributed by atoms with Gasteiger partial charge in [-0.05, 0) is 41.7 Å². The molecule has 0 radical (unpaired) electrons. The van der Waals surface area contributed by atoms with Crippen LogP contribution in [0.5, 0.6) is 0 Å². The molecule has 0 saturated heterocycles. The van der Waals surface area contributed by atoms with Crippen molar-refractivity contribution in [1.29, 1.82) is 0 Å². The van der Waals surface area contributed by atoms with Crippen molar-refractivity contribution >= 4 is 5.97 Å². The van der Waals surface area contributed by atoms with Crippen LogP contribution >= 0.6 is 0 Å². The molecule has 0 aromatic heterocycles. The summed E-state index contributed by atoms with van der Waals surface area (Å²) in [5, 5.41) is 10.3. The van der Waals surface area contributed by atoms with Gasteiger partial charge in [-0.1, -0.05) is 49.0 Å². The number of carbonyl (C=O) groups is 1. The molecule has 0 bridgehead atoms. The van der Waals surface area contributed by atoms with Gasteiger partial charge in [0.1, 0.15) is 0 Å². The standard InChI is InChI=1S/C19H20O3/c1-14(8-9-15-6-4-3-5-7-15)18(20)16-10-12-17(13-11-16)19(21)22-2/h3-7,10-13,18,20H,1,8-9H2,2H3. The topological polar surface area (TPSA) is 46.5 Å². The number of carbonyl (C=O) groups excluding carboxylic acids is 1. The summed E-state index contributed by atoms with van der Waals surface area (Å²) < 4.78 is 4.65. The van der Waals surface area contributed by atoms with Crippen LogP contribution in [0.4, 0.5) is 0 Å². The number of hydrogen-bond donors (Lipinski definition) is 1. The van der Waals surface area contributed by atoms with Crippen molar-refractivity contribution in [2.24, 2.45) is 0 Å².